The van der Waals surface area contributed by atoms with Crippen LogP contribution in [0.3, 0.4) is 0 Å². The van der Waals surface area contributed by atoms with Crippen LogP contribution in [0.2, 0.25) is 0 Å². The minimum atomic E-state index is -3.82. The summed E-state index contributed by atoms with van der Waals surface area (Å²) in [7, 11) is 0.553. The van der Waals surface area contributed by atoms with E-state index in [9.17, 15) is 13.2 Å². The van der Waals surface area contributed by atoms with Gasteiger partial charge >= 0.3 is 5.97 Å². The molecule has 0 unspecified atom stereocenters. The zero-order valence-electron chi connectivity index (χ0n) is 18.4. The van der Waals surface area contributed by atoms with Crippen molar-refractivity contribution >= 4 is 38.1 Å². The van der Waals surface area contributed by atoms with Gasteiger partial charge in [0.05, 0.1) is 38.0 Å². The summed E-state index contributed by atoms with van der Waals surface area (Å²) in [6.07, 6.45) is 1.30. The van der Waals surface area contributed by atoms with Crippen molar-refractivity contribution < 1.29 is 32.2 Å². The van der Waals surface area contributed by atoms with Crippen LogP contribution in [-0.2, 0) is 10.0 Å². The lowest BCUT2D eigenvalue weighted by molar-refractivity contribution is 0.0729. The number of carbonyl (C=O) groups is 1. The van der Waals surface area contributed by atoms with Gasteiger partial charge in [-0.05, 0) is 60.2 Å². The molecule has 0 radical (unpaired) electrons. The number of hydrogen-bond acceptors (Lipinski definition) is 8. The first-order chi connectivity index (χ1) is 16.2. The Balaban J connectivity index is 1.74. The van der Waals surface area contributed by atoms with Gasteiger partial charge in [-0.2, -0.15) is 13.5 Å². The number of rotatable bonds is 9. The number of hydrogen-bond donors (Lipinski definition) is 1. The highest BCUT2D eigenvalue weighted by atomic mass is 79.9. The van der Waals surface area contributed by atoms with Gasteiger partial charge in [-0.3, -0.25) is 0 Å². The smallest absolute Gasteiger partial charge is 0.343 e. The molecule has 0 bridgehead atoms. The van der Waals surface area contributed by atoms with Crippen LogP contribution in [0.1, 0.15) is 15.9 Å². The Morgan fingerprint density at radius 2 is 1.53 bits per heavy atom. The van der Waals surface area contributed by atoms with Crippen LogP contribution in [0, 0.1) is 0 Å². The number of nitrogens with zero attached hydrogens (tertiary/aromatic N) is 1. The maximum absolute atomic E-state index is 12.6. The molecule has 0 fully saturated rings. The molecular formula is C23H21BrN2O7S. The van der Waals surface area contributed by atoms with Gasteiger partial charge in [0, 0.05) is 10.5 Å². The van der Waals surface area contributed by atoms with Gasteiger partial charge in [-0.1, -0.05) is 15.9 Å². The van der Waals surface area contributed by atoms with Gasteiger partial charge in [0.15, 0.2) is 11.5 Å². The highest BCUT2D eigenvalue weighted by molar-refractivity contribution is 9.10. The SMILES string of the molecule is COc1cc(OC)cc(C(=O)Oc2ccc(C=NNS(=O)(=O)c3ccc(Br)cc3)cc2OC)c1. The van der Waals surface area contributed by atoms with Crippen LogP contribution in [0.15, 0.2) is 75.1 Å². The van der Waals surface area contributed by atoms with Crippen LogP contribution in [-0.4, -0.2) is 41.9 Å². The maximum atomic E-state index is 12.6. The van der Waals surface area contributed by atoms with E-state index < -0.39 is 16.0 Å². The Kier molecular flexibility index (Phi) is 8.13. The molecule has 3 aromatic carbocycles. The van der Waals surface area contributed by atoms with E-state index in [0.29, 0.717) is 17.1 Å². The van der Waals surface area contributed by atoms with Crippen molar-refractivity contribution in [3.63, 3.8) is 0 Å². The second kappa shape index (κ2) is 11.0. The predicted molar refractivity (Wildman–Crippen MR) is 130 cm³/mol. The molecule has 0 amide bonds. The standard InChI is InChI=1S/C23H21BrN2O7S/c1-30-18-11-16(12-19(13-18)31-2)23(27)33-21-9-4-15(10-22(21)32-3)14-25-26-34(28,29)20-7-5-17(24)6-8-20/h4-14,26H,1-3H3. The lowest BCUT2D eigenvalue weighted by Gasteiger charge is -2.11. The van der Waals surface area contributed by atoms with Crippen molar-refractivity contribution in [2.45, 2.75) is 4.90 Å². The summed E-state index contributed by atoms with van der Waals surface area (Å²) in [5, 5.41) is 3.80. The molecule has 0 aliphatic heterocycles. The molecule has 0 aliphatic rings. The highest BCUT2D eigenvalue weighted by Crippen LogP contribution is 2.30. The molecule has 0 atom stereocenters. The molecule has 0 saturated heterocycles. The zero-order chi connectivity index (χ0) is 24.7. The fraction of sp³-hybridized carbons (Fsp3) is 0.130. The number of esters is 1. The fourth-order valence-corrected chi connectivity index (χ4v) is 3.83. The normalized spacial score (nSPS) is 11.2. The summed E-state index contributed by atoms with van der Waals surface area (Å²) in [5.41, 5.74) is 0.740. The third-order valence-electron chi connectivity index (χ3n) is 4.49. The highest BCUT2D eigenvalue weighted by Gasteiger charge is 2.16. The van der Waals surface area contributed by atoms with E-state index in [2.05, 4.69) is 25.9 Å². The van der Waals surface area contributed by atoms with Crippen molar-refractivity contribution in [2.75, 3.05) is 21.3 Å². The summed E-state index contributed by atoms with van der Waals surface area (Å²) < 4.78 is 46.5. The number of sulfonamides is 1. The number of hydrazone groups is 1. The molecular weight excluding hydrogens is 528 g/mol. The van der Waals surface area contributed by atoms with Gasteiger partial charge in [0.2, 0.25) is 0 Å². The number of benzene rings is 3. The van der Waals surface area contributed by atoms with Crippen LogP contribution in [0.5, 0.6) is 23.0 Å². The Morgan fingerprint density at radius 3 is 2.12 bits per heavy atom. The van der Waals surface area contributed by atoms with E-state index in [4.69, 9.17) is 18.9 Å². The van der Waals surface area contributed by atoms with Gasteiger partial charge in [0.25, 0.3) is 10.0 Å². The Bertz CT molecular complexity index is 1290. The summed E-state index contributed by atoms with van der Waals surface area (Å²) in [6.45, 7) is 0. The molecule has 0 aliphatic carbocycles. The Labute approximate surface area is 205 Å². The summed E-state index contributed by atoms with van der Waals surface area (Å²) in [6, 6.07) is 15.5. The minimum absolute atomic E-state index is 0.0712. The second-order valence-corrected chi connectivity index (χ2v) is 9.28. The molecule has 11 heteroatoms. The van der Waals surface area contributed by atoms with Crippen LogP contribution >= 0.6 is 15.9 Å². The van der Waals surface area contributed by atoms with E-state index in [0.717, 1.165) is 4.47 Å². The van der Waals surface area contributed by atoms with E-state index >= 15 is 0 Å². The monoisotopic (exact) mass is 548 g/mol. The number of halogens is 1. The van der Waals surface area contributed by atoms with E-state index in [1.54, 1.807) is 30.3 Å². The lowest BCUT2D eigenvalue weighted by Crippen LogP contribution is -2.18. The average molecular weight is 549 g/mol. The Hall–Kier alpha value is -3.57. The molecule has 3 rings (SSSR count). The van der Waals surface area contributed by atoms with Gasteiger partial charge < -0.3 is 18.9 Å². The molecule has 0 heterocycles. The topological polar surface area (TPSA) is 113 Å². The molecule has 0 saturated carbocycles. The van der Waals surface area contributed by atoms with Crippen molar-refractivity contribution in [2.24, 2.45) is 5.10 Å². The van der Waals surface area contributed by atoms with Gasteiger partial charge in [-0.25, -0.2) is 9.63 Å². The lowest BCUT2D eigenvalue weighted by atomic mass is 10.2. The molecule has 0 aromatic heterocycles. The first-order valence-electron chi connectivity index (χ1n) is 9.69. The summed E-state index contributed by atoms with van der Waals surface area (Å²) in [4.78, 5) is 14.9. The van der Waals surface area contributed by atoms with E-state index in [1.807, 2.05) is 0 Å². The number of ether oxygens (including phenoxy) is 4. The number of nitrogens with one attached hydrogen (secondary N) is 1. The molecule has 34 heavy (non-hydrogen) atoms. The van der Waals surface area contributed by atoms with E-state index in [-0.39, 0.29) is 22.0 Å². The quantitative estimate of drug-likeness (QED) is 0.186. The van der Waals surface area contributed by atoms with Crippen LogP contribution in [0.25, 0.3) is 0 Å². The molecule has 178 valence electrons. The largest absolute Gasteiger partial charge is 0.497 e. The van der Waals surface area contributed by atoms with Crippen LogP contribution in [0.4, 0.5) is 0 Å². The molecule has 3 aromatic rings. The van der Waals surface area contributed by atoms with E-state index in [1.165, 1.54) is 57.9 Å². The summed E-state index contributed by atoms with van der Waals surface area (Å²) >= 11 is 3.26. The second-order valence-electron chi connectivity index (χ2n) is 6.71. The average Bonchev–Trinajstić information content (AvgIpc) is 2.84. The van der Waals surface area contributed by atoms with Crippen molar-refractivity contribution in [3.8, 4) is 23.0 Å². The van der Waals surface area contributed by atoms with Crippen molar-refractivity contribution in [1.29, 1.82) is 0 Å². The summed E-state index contributed by atoms with van der Waals surface area (Å²) in [5.74, 6) is 0.662. The fourth-order valence-electron chi connectivity index (χ4n) is 2.77. The first kappa shape index (κ1) is 25.1. The third-order valence-corrected chi connectivity index (χ3v) is 6.26. The predicted octanol–water partition coefficient (Wildman–Crippen LogP) is 4.01. The van der Waals surface area contributed by atoms with Crippen molar-refractivity contribution in [3.05, 3.63) is 76.3 Å². The van der Waals surface area contributed by atoms with Gasteiger partial charge in [0.1, 0.15) is 11.5 Å². The Morgan fingerprint density at radius 1 is 0.882 bits per heavy atom. The zero-order valence-corrected chi connectivity index (χ0v) is 20.8. The van der Waals surface area contributed by atoms with Crippen molar-refractivity contribution in [1.82, 2.24) is 4.83 Å². The number of methoxy groups -OCH3 is 3. The van der Waals surface area contributed by atoms with Crippen LogP contribution < -0.4 is 23.8 Å². The van der Waals surface area contributed by atoms with Gasteiger partial charge in [-0.15, -0.1) is 0 Å². The molecule has 0 spiro atoms. The molecule has 1 N–H and O–H groups in total. The first-order valence-corrected chi connectivity index (χ1v) is 12.0. The molecule has 9 nitrogen and oxygen atoms in total. The minimum Gasteiger partial charge on any atom is -0.497 e. The third kappa shape index (κ3) is 6.27. The maximum Gasteiger partial charge on any atom is 0.343 e. The number of carbonyl (C=O) groups excluding carboxylic acids is 1.